The lowest BCUT2D eigenvalue weighted by molar-refractivity contribution is -0.135. The lowest BCUT2D eigenvalue weighted by atomic mass is 9.78. The van der Waals surface area contributed by atoms with Crippen LogP contribution in [0.2, 0.25) is 0 Å². The molecule has 0 radical (unpaired) electrons. The van der Waals surface area contributed by atoms with Crippen LogP contribution in [-0.2, 0) is 9.59 Å². The molecule has 2 unspecified atom stereocenters. The van der Waals surface area contributed by atoms with Crippen molar-refractivity contribution in [3.63, 3.8) is 0 Å². The van der Waals surface area contributed by atoms with Crippen molar-refractivity contribution in [3.8, 4) is 0 Å². The maximum Gasteiger partial charge on any atom is 0.143 e. The highest BCUT2D eigenvalue weighted by molar-refractivity contribution is 6.02. The summed E-state index contributed by atoms with van der Waals surface area (Å²) in [6.45, 7) is 4.10. The molecule has 0 aromatic heterocycles. The Labute approximate surface area is 79.7 Å². The number of hydrogen-bond donors (Lipinski definition) is 0. The summed E-state index contributed by atoms with van der Waals surface area (Å²) in [5.74, 6) is 0.628. The van der Waals surface area contributed by atoms with E-state index in [0.717, 1.165) is 19.3 Å². The van der Waals surface area contributed by atoms with Crippen LogP contribution in [0.15, 0.2) is 0 Å². The second-order valence-corrected chi connectivity index (χ2v) is 4.11. The second kappa shape index (κ2) is 4.54. The van der Waals surface area contributed by atoms with Gasteiger partial charge in [-0.1, -0.05) is 13.8 Å². The van der Waals surface area contributed by atoms with E-state index in [4.69, 9.17) is 0 Å². The molecule has 0 amide bonds. The van der Waals surface area contributed by atoms with Crippen molar-refractivity contribution < 1.29 is 9.59 Å². The zero-order chi connectivity index (χ0) is 9.84. The molecule has 0 spiro atoms. The summed E-state index contributed by atoms with van der Waals surface area (Å²) >= 11 is 0. The van der Waals surface area contributed by atoms with E-state index in [9.17, 15) is 9.59 Å². The molecule has 0 aromatic carbocycles. The average Bonchev–Trinajstić information content (AvgIpc) is 2.09. The van der Waals surface area contributed by atoms with Crippen molar-refractivity contribution in [2.75, 3.05) is 0 Å². The lowest BCUT2D eigenvalue weighted by Crippen LogP contribution is -2.30. The normalized spacial score (nSPS) is 28.9. The molecule has 1 saturated carbocycles. The molecule has 0 saturated heterocycles. The van der Waals surface area contributed by atoms with E-state index in [1.807, 2.05) is 6.92 Å². The Hall–Kier alpha value is -0.660. The van der Waals surface area contributed by atoms with E-state index in [1.54, 1.807) is 0 Å². The fourth-order valence-electron chi connectivity index (χ4n) is 1.95. The minimum absolute atomic E-state index is 0.166. The molecule has 1 aliphatic rings. The first-order chi connectivity index (χ1) is 6.15. The predicted molar refractivity (Wildman–Crippen MR) is 51.4 cm³/mol. The van der Waals surface area contributed by atoms with E-state index in [0.29, 0.717) is 18.8 Å². The first-order valence-electron chi connectivity index (χ1n) is 5.20. The number of hydrogen-bond acceptors (Lipinski definition) is 2. The van der Waals surface area contributed by atoms with Gasteiger partial charge in [-0.05, 0) is 25.2 Å². The van der Waals surface area contributed by atoms with E-state index in [2.05, 4.69) is 6.92 Å². The van der Waals surface area contributed by atoms with Crippen LogP contribution in [0.25, 0.3) is 0 Å². The summed E-state index contributed by atoms with van der Waals surface area (Å²) in [6.07, 6.45) is 3.80. The third kappa shape index (κ3) is 2.64. The van der Waals surface area contributed by atoms with Crippen LogP contribution in [0, 0.1) is 11.8 Å². The summed E-state index contributed by atoms with van der Waals surface area (Å²) in [7, 11) is 0. The summed E-state index contributed by atoms with van der Waals surface area (Å²) in [4.78, 5) is 23.0. The standard InChI is InChI=1S/C11H18O2/c1-3-4-10(12)9-7-8(2)5-6-11(9)13/h8-9H,3-7H2,1-2H3. The Morgan fingerprint density at radius 2 is 2.23 bits per heavy atom. The maximum absolute atomic E-state index is 11.5. The van der Waals surface area contributed by atoms with Crippen molar-refractivity contribution in [1.82, 2.24) is 0 Å². The van der Waals surface area contributed by atoms with Crippen LogP contribution in [-0.4, -0.2) is 11.6 Å². The molecule has 0 N–H and O–H groups in total. The average molecular weight is 182 g/mol. The molecule has 0 bridgehead atoms. The molecule has 2 nitrogen and oxygen atoms in total. The quantitative estimate of drug-likeness (QED) is 0.628. The van der Waals surface area contributed by atoms with Crippen molar-refractivity contribution in [3.05, 3.63) is 0 Å². The molecule has 2 atom stereocenters. The number of rotatable bonds is 3. The Bertz CT molecular complexity index is 208. The van der Waals surface area contributed by atoms with Crippen LogP contribution in [0.1, 0.15) is 46.0 Å². The van der Waals surface area contributed by atoms with E-state index in [1.165, 1.54) is 0 Å². The van der Waals surface area contributed by atoms with Gasteiger partial charge in [0.15, 0.2) is 0 Å². The Balaban J connectivity index is 2.55. The number of carbonyl (C=O) groups excluding carboxylic acids is 2. The van der Waals surface area contributed by atoms with Crippen LogP contribution in [0.3, 0.4) is 0 Å². The Morgan fingerprint density at radius 3 is 2.85 bits per heavy atom. The number of Topliss-reactive ketones (excluding diaryl/α,β-unsaturated/α-hetero) is 2. The molecule has 0 heterocycles. The minimum Gasteiger partial charge on any atom is -0.299 e. The van der Waals surface area contributed by atoms with Gasteiger partial charge in [0, 0.05) is 12.8 Å². The van der Waals surface area contributed by atoms with Gasteiger partial charge in [-0.15, -0.1) is 0 Å². The second-order valence-electron chi connectivity index (χ2n) is 4.11. The summed E-state index contributed by atoms with van der Waals surface area (Å²) in [6, 6.07) is 0. The van der Waals surface area contributed by atoms with Gasteiger partial charge in [0.25, 0.3) is 0 Å². The molecule has 0 aromatic rings. The predicted octanol–water partition coefficient (Wildman–Crippen LogP) is 2.36. The lowest BCUT2D eigenvalue weighted by Gasteiger charge is -2.24. The van der Waals surface area contributed by atoms with Crippen LogP contribution in [0.5, 0.6) is 0 Å². The fraction of sp³-hybridized carbons (Fsp3) is 0.818. The molecular formula is C11H18O2. The SMILES string of the molecule is CCCC(=O)C1CC(C)CCC1=O. The minimum atomic E-state index is -0.260. The third-order valence-corrected chi connectivity index (χ3v) is 2.80. The first-order valence-corrected chi connectivity index (χ1v) is 5.20. The Kier molecular flexibility index (Phi) is 3.64. The smallest absolute Gasteiger partial charge is 0.143 e. The molecule has 74 valence electrons. The van der Waals surface area contributed by atoms with Gasteiger partial charge in [0.1, 0.15) is 11.6 Å². The van der Waals surface area contributed by atoms with Gasteiger partial charge in [0.05, 0.1) is 5.92 Å². The molecule has 1 aliphatic carbocycles. The van der Waals surface area contributed by atoms with Crippen LogP contribution in [0.4, 0.5) is 0 Å². The van der Waals surface area contributed by atoms with E-state index in [-0.39, 0.29) is 17.5 Å². The summed E-state index contributed by atoms with van der Waals surface area (Å²) in [5.41, 5.74) is 0. The highest BCUT2D eigenvalue weighted by Crippen LogP contribution is 2.27. The van der Waals surface area contributed by atoms with Crippen molar-refractivity contribution >= 4 is 11.6 Å². The third-order valence-electron chi connectivity index (χ3n) is 2.80. The molecule has 1 rings (SSSR count). The number of ketones is 2. The first kappa shape index (κ1) is 10.4. The topological polar surface area (TPSA) is 34.1 Å². The van der Waals surface area contributed by atoms with Crippen LogP contribution >= 0.6 is 0 Å². The molecule has 0 aliphatic heterocycles. The maximum atomic E-state index is 11.5. The molecule has 13 heavy (non-hydrogen) atoms. The zero-order valence-corrected chi connectivity index (χ0v) is 8.51. The van der Waals surface area contributed by atoms with E-state index < -0.39 is 0 Å². The van der Waals surface area contributed by atoms with E-state index >= 15 is 0 Å². The van der Waals surface area contributed by atoms with Gasteiger partial charge in [-0.3, -0.25) is 9.59 Å². The molecule has 1 fully saturated rings. The highest BCUT2D eigenvalue weighted by atomic mass is 16.1. The highest BCUT2D eigenvalue weighted by Gasteiger charge is 2.30. The van der Waals surface area contributed by atoms with Gasteiger partial charge >= 0.3 is 0 Å². The van der Waals surface area contributed by atoms with Gasteiger partial charge in [-0.25, -0.2) is 0 Å². The van der Waals surface area contributed by atoms with Crippen molar-refractivity contribution in [2.24, 2.45) is 11.8 Å². The van der Waals surface area contributed by atoms with Gasteiger partial charge < -0.3 is 0 Å². The van der Waals surface area contributed by atoms with Crippen LogP contribution < -0.4 is 0 Å². The largest absolute Gasteiger partial charge is 0.299 e. The summed E-state index contributed by atoms with van der Waals surface area (Å²) < 4.78 is 0. The Morgan fingerprint density at radius 1 is 1.54 bits per heavy atom. The fourth-order valence-corrected chi connectivity index (χ4v) is 1.95. The zero-order valence-electron chi connectivity index (χ0n) is 8.51. The monoisotopic (exact) mass is 182 g/mol. The molecule has 2 heteroatoms. The van der Waals surface area contributed by atoms with Gasteiger partial charge in [0.2, 0.25) is 0 Å². The summed E-state index contributed by atoms with van der Waals surface area (Å²) in [5, 5.41) is 0. The molecular weight excluding hydrogens is 164 g/mol. The number of carbonyl (C=O) groups is 2. The van der Waals surface area contributed by atoms with Gasteiger partial charge in [-0.2, -0.15) is 0 Å². The van der Waals surface area contributed by atoms with Crippen molar-refractivity contribution in [1.29, 1.82) is 0 Å². The van der Waals surface area contributed by atoms with Crippen molar-refractivity contribution in [2.45, 2.75) is 46.0 Å².